The van der Waals surface area contributed by atoms with Crippen LogP contribution >= 0.6 is 11.3 Å². The highest BCUT2D eigenvalue weighted by atomic mass is 32.1. The monoisotopic (exact) mass is 444 g/mol. The van der Waals surface area contributed by atoms with Crippen molar-refractivity contribution in [3.8, 4) is 16.7 Å². The number of aryl methyl sites for hydroxylation is 1. The van der Waals surface area contributed by atoms with Gasteiger partial charge in [-0.3, -0.25) is 4.79 Å². The number of nitrogens with zero attached hydrogens (tertiary/aromatic N) is 2. The van der Waals surface area contributed by atoms with Gasteiger partial charge in [0, 0.05) is 25.9 Å². The number of para-hydroxylation sites is 3. The van der Waals surface area contributed by atoms with E-state index in [1.54, 1.807) is 11.3 Å². The normalized spacial score (nSPS) is 14.5. The summed E-state index contributed by atoms with van der Waals surface area (Å²) >= 11 is 1.58. The Morgan fingerprint density at radius 1 is 0.969 bits per heavy atom. The van der Waals surface area contributed by atoms with Crippen LogP contribution in [-0.4, -0.2) is 35.0 Å². The van der Waals surface area contributed by atoms with Gasteiger partial charge in [-0.1, -0.05) is 53.8 Å². The zero-order chi connectivity index (χ0) is 21.9. The minimum Gasteiger partial charge on any atom is -0.467 e. The fourth-order valence-electron chi connectivity index (χ4n) is 3.95. The van der Waals surface area contributed by atoms with E-state index in [-0.39, 0.29) is 12.0 Å². The highest BCUT2D eigenvalue weighted by Crippen LogP contribution is 2.32. The Labute approximate surface area is 191 Å². The van der Waals surface area contributed by atoms with Crippen LogP contribution in [0, 0.1) is 6.92 Å². The van der Waals surface area contributed by atoms with Crippen molar-refractivity contribution in [1.82, 2.24) is 9.88 Å². The van der Waals surface area contributed by atoms with Crippen molar-refractivity contribution in [1.29, 1.82) is 0 Å². The number of thiazole rings is 1. The Kier molecular flexibility index (Phi) is 5.77. The minimum absolute atomic E-state index is 0.00871. The van der Waals surface area contributed by atoms with E-state index in [2.05, 4.69) is 24.0 Å². The topological polar surface area (TPSA) is 51.7 Å². The first-order valence-electron chi connectivity index (χ1n) is 10.8. The lowest BCUT2D eigenvalue weighted by molar-refractivity contribution is 0.0593. The molecule has 32 heavy (non-hydrogen) atoms. The summed E-state index contributed by atoms with van der Waals surface area (Å²) in [5.74, 6) is 1.28. The lowest BCUT2D eigenvalue weighted by Gasteiger charge is -2.32. The molecule has 0 radical (unpaired) electrons. The van der Waals surface area contributed by atoms with Crippen molar-refractivity contribution >= 4 is 27.5 Å². The van der Waals surface area contributed by atoms with Gasteiger partial charge in [0.05, 0.1) is 15.8 Å². The molecule has 0 bridgehead atoms. The highest BCUT2D eigenvalue weighted by Gasteiger charge is 2.27. The number of piperidine rings is 1. The van der Waals surface area contributed by atoms with Crippen molar-refractivity contribution < 1.29 is 14.3 Å². The molecular formula is C26H24N2O3S. The average Bonchev–Trinajstić information content (AvgIpc) is 3.24. The molecule has 1 aliphatic rings. The molecule has 1 amide bonds. The summed E-state index contributed by atoms with van der Waals surface area (Å²) in [5.41, 5.74) is 2.75. The SMILES string of the molecule is Cc1cccc2sc(OC3CCN(C(=O)c4ccccc4Oc4ccccc4)CC3)nc12. The standard InChI is InChI=1S/C26H24N2O3S/c1-18-8-7-13-23-24(18)27-26(32-23)31-20-14-16-28(17-15-20)25(29)21-11-5-6-12-22(21)30-19-9-3-2-4-10-19/h2-13,20H,14-17H2,1H3. The van der Waals surface area contributed by atoms with Gasteiger partial charge in [0.25, 0.3) is 11.1 Å². The number of amides is 1. The first-order chi connectivity index (χ1) is 15.7. The number of benzene rings is 3. The largest absolute Gasteiger partial charge is 0.467 e. The number of carbonyl (C=O) groups is 1. The number of hydrogen-bond acceptors (Lipinski definition) is 5. The number of fused-ring (bicyclic) bond motifs is 1. The van der Waals surface area contributed by atoms with Crippen molar-refractivity contribution in [2.45, 2.75) is 25.9 Å². The van der Waals surface area contributed by atoms with Gasteiger partial charge in [0.2, 0.25) is 0 Å². The number of aromatic nitrogens is 1. The van der Waals surface area contributed by atoms with E-state index in [1.165, 1.54) is 0 Å². The van der Waals surface area contributed by atoms with Crippen LogP contribution in [0.15, 0.2) is 72.8 Å². The van der Waals surface area contributed by atoms with Crippen LogP contribution < -0.4 is 9.47 Å². The smallest absolute Gasteiger partial charge is 0.274 e. The van der Waals surface area contributed by atoms with Gasteiger partial charge in [0.1, 0.15) is 17.6 Å². The summed E-state index contributed by atoms with van der Waals surface area (Å²) < 4.78 is 13.3. The second kappa shape index (κ2) is 9.01. The maximum atomic E-state index is 13.2. The van der Waals surface area contributed by atoms with E-state index < -0.39 is 0 Å². The van der Waals surface area contributed by atoms with E-state index >= 15 is 0 Å². The Morgan fingerprint density at radius 3 is 2.50 bits per heavy atom. The van der Waals surface area contributed by atoms with E-state index in [0.717, 1.165) is 28.6 Å². The summed E-state index contributed by atoms with van der Waals surface area (Å²) in [4.78, 5) is 19.8. The molecule has 1 saturated heterocycles. The quantitative estimate of drug-likeness (QED) is 0.374. The van der Waals surface area contributed by atoms with Crippen LogP contribution in [0.1, 0.15) is 28.8 Å². The molecule has 0 aliphatic carbocycles. The summed E-state index contributed by atoms with van der Waals surface area (Å²) in [5, 5.41) is 0.709. The fourth-order valence-corrected chi connectivity index (χ4v) is 4.91. The number of ether oxygens (including phenoxy) is 2. The molecule has 162 valence electrons. The van der Waals surface area contributed by atoms with Gasteiger partial charge >= 0.3 is 0 Å². The molecule has 0 spiro atoms. The third kappa shape index (κ3) is 4.32. The van der Waals surface area contributed by atoms with Gasteiger partial charge in [-0.15, -0.1) is 0 Å². The molecule has 1 aliphatic heterocycles. The van der Waals surface area contributed by atoms with Gasteiger partial charge in [-0.2, -0.15) is 0 Å². The van der Waals surface area contributed by atoms with E-state index in [4.69, 9.17) is 9.47 Å². The zero-order valence-electron chi connectivity index (χ0n) is 17.9. The van der Waals surface area contributed by atoms with Crippen molar-refractivity contribution in [3.05, 3.63) is 83.9 Å². The molecule has 5 rings (SSSR count). The van der Waals surface area contributed by atoms with Crippen LogP contribution in [0.4, 0.5) is 0 Å². The molecule has 0 N–H and O–H groups in total. The summed E-state index contributed by atoms with van der Waals surface area (Å²) in [7, 11) is 0. The predicted octanol–water partition coefficient (Wildman–Crippen LogP) is 6.08. The molecular weight excluding hydrogens is 420 g/mol. The van der Waals surface area contributed by atoms with Gasteiger partial charge in [-0.25, -0.2) is 4.98 Å². The first-order valence-corrected chi connectivity index (χ1v) is 11.6. The third-order valence-corrected chi connectivity index (χ3v) is 6.60. The van der Waals surface area contributed by atoms with Crippen molar-refractivity contribution in [2.24, 2.45) is 0 Å². The molecule has 0 unspecified atom stereocenters. The second-order valence-corrected chi connectivity index (χ2v) is 8.92. The average molecular weight is 445 g/mol. The number of rotatable bonds is 5. The molecule has 1 aromatic heterocycles. The van der Waals surface area contributed by atoms with Crippen LogP contribution in [0.5, 0.6) is 16.7 Å². The Bertz CT molecular complexity index is 1230. The van der Waals surface area contributed by atoms with E-state index in [0.29, 0.717) is 35.3 Å². The molecule has 4 aromatic rings. The molecule has 2 heterocycles. The molecule has 3 aromatic carbocycles. The van der Waals surface area contributed by atoms with Crippen molar-refractivity contribution in [3.63, 3.8) is 0 Å². The number of hydrogen-bond donors (Lipinski definition) is 0. The Hall–Kier alpha value is -3.38. The summed E-state index contributed by atoms with van der Waals surface area (Å²) in [6.45, 7) is 3.36. The lowest BCUT2D eigenvalue weighted by atomic mass is 10.1. The maximum absolute atomic E-state index is 13.2. The van der Waals surface area contributed by atoms with E-state index in [9.17, 15) is 4.79 Å². The molecule has 0 atom stereocenters. The Balaban J connectivity index is 1.23. The van der Waals surface area contributed by atoms with Crippen LogP contribution in [-0.2, 0) is 0 Å². The third-order valence-electron chi connectivity index (χ3n) is 5.69. The van der Waals surface area contributed by atoms with Gasteiger partial charge < -0.3 is 14.4 Å². The van der Waals surface area contributed by atoms with Crippen molar-refractivity contribution in [2.75, 3.05) is 13.1 Å². The molecule has 5 nitrogen and oxygen atoms in total. The summed E-state index contributed by atoms with van der Waals surface area (Å²) in [6.07, 6.45) is 1.63. The molecule has 6 heteroatoms. The highest BCUT2D eigenvalue weighted by molar-refractivity contribution is 7.20. The Morgan fingerprint density at radius 2 is 1.72 bits per heavy atom. The van der Waals surface area contributed by atoms with Crippen LogP contribution in [0.2, 0.25) is 0 Å². The molecule has 0 saturated carbocycles. The van der Waals surface area contributed by atoms with Crippen LogP contribution in [0.3, 0.4) is 0 Å². The molecule has 1 fully saturated rings. The lowest BCUT2D eigenvalue weighted by Crippen LogP contribution is -2.41. The predicted molar refractivity (Wildman–Crippen MR) is 127 cm³/mol. The van der Waals surface area contributed by atoms with Gasteiger partial charge in [0.15, 0.2) is 0 Å². The number of carbonyl (C=O) groups excluding carboxylic acids is 1. The fraction of sp³-hybridized carbons (Fsp3) is 0.231. The van der Waals surface area contributed by atoms with Gasteiger partial charge in [-0.05, 0) is 42.8 Å². The van der Waals surface area contributed by atoms with Crippen LogP contribution in [0.25, 0.3) is 10.2 Å². The summed E-state index contributed by atoms with van der Waals surface area (Å²) in [6, 6.07) is 23.1. The number of likely N-dealkylation sites (tertiary alicyclic amines) is 1. The first kappa shape index (κ1) is 20.5. The minimum atomic E-state index is -0.00871. The van der Waals surface area contributed by atoms with E-state index in [1.807, 2.05) is 65.6 Å². The zero-order valence-corrected chi connectivity index (χ0v) is 18.7. The second-order valence-electron chi connectivity index (χ2n) is 7.92. The maximum Gasteiger partial charge on any atom is 0.274 e.